The molecule has 0 radical (unpaired) electrons. The summed E-state index contributed by atoms with van der Waals surface area (Å²) in [5, 5.41) is 18.5. The fourth-order valence-electron chi connectivity index (χ4n) is 1.41. The largest absolute Gasteiger partial charge is 0.504 e. The minimum Gasteiger partial charge on any atom is -0.504 e. The summed E-state index contributed by atoms with van der Waals surface area (Å²) in [5.41, 5.74) is 6.34. The van der Waals surface area contributed by atoms with E-state index in [9.17, 15) is 9.50 Å². The summed E-state index contributed by atoms with van der Waals surface area (Å²) in [6, 6.07) is 0.450. The number of aliphatic hydroxyl groups excluding tert-OH is 1. The number of benzene rings is 1. The van der Waals surface area contributed by atoms with Gasteiger partial charge in [0.15, 0.2) is 17.3 Å². The van der Waals surface area contributed by atoms with Crippen LogP contribution in [0.15, 0.2) is 6.07 Å². The van der Waals surface area contributed by atoms with Gasteiger partial charge in [0.2, 0.25) is 0 Å². The summed E-state index contributed by atoms with van der Waals surface area (Å²) >= 11 is 0. The van der Waals surface area contributed by atoms with E-state index >= 15 is 0 Å². The van der Waals surface area contributed by atoms with Crippen LogP contribution in [0.3, 0.4) is 0 Å². The predicted octanol–water partition coefficient (Wildman–Crippen LogP) is 0.840. The topological polar surface area (TPSA) is 75.7 Å². The highest BCUT2D eigenvalue weighted by atomic mass is 19.1. The van der Waals surface area contributed by atoms with E-state index in [0.29, 0.717) is 11.1 Å². The van der Waals surface area contributed by atoms with Crippen LogP contribution in [0.25, 0.3) is 0 Å². The summed E-state index contributed by atoms with van der Waals surface area (Å²) in [6.07, 6.45) is 0. The highest BCUT2D eigenvalue weighted by Gasteiger charge is 2.18. The average molecular weight is 215 g/mol. The number of hydrogen-bond donors (Lipinski definition) is 3. The van der Waals surface area contributed by atoms with Gasteiger partial charge in [-0.15, -0.1) is 0 Å². The van der Waals surface area contributed by atoms with E-state index in [2.05, 4.69) is 0 Å². The SMILES string of the molecule is COc1c(F)cc(C(N)CO)c(C)c1O. The maximum Gasteiger partial charge on any atom is 0.196 e. The highest BCUT2D eigenvalue weighted by molar-refractivity contribution is 5.50. The fraction of sp³-hybridized carbons (Fsp3) is 0.400. The zero-order valence-corrected chi connectivity index (χ0v) is 8.62. The Morgan fingerprint density at radius 3 is 2.67 bits per heavy atom. The van der Waals surface area contributed by atoms with Crippen molar-refractivity contribution in [3.05, 3.63) is 23.0 Å². The first kappa shape index (κ1) is 11.7. The Morgan fingerprint density at radius 1 is 1.60 bits per heavy atom. The molecule has 0 aromatic heterocycles. The third-order valence-electron chi connectivity index (χ3n) is 2.30. The van der Waals surface area contributed by atoms with Crippen LogP contribution < -0.4 is 10.5 Å². The second-order valence-corrected chi connectivity index (χ2v) is 3.24. The van der Waals surface area contributed by atoms with Gasteiger partial charge in [0.1, 0.15) is 0 Å². The van der Waals surface area contributed by atoms with Crippen LogP contribution in [0.1, 0.15) is 17.2 Å². The van der Waals surface area contributed by atoms with Gasteiger partial charge in [0.05, 0.1) is 19.8 Å². The van der Waals surface area contributed by atoms with E-state index in [1.165, 1.54) is 7.11 Å². The molecule has 0 bridgehead atoms. The molecule has 15 heavy (non-hydrogen) atoms. The Morgan fingerprint density at radius 2 is 2.20 bits per heavy atom. The van der Waals surface area contributed by atoms with Crippen molar-refractivity contribution in [1.82, 2.24) is 0 Å². The summed E-state index contributed by atoms with van der Waals surface area (Å²) in [5.74, 6) is -1.18. The van der Waals surface area contributed by atoms with Gasteiger partial charge in [-0.3, -0.25) is 0 Å². The van der Waals surface area contributed by atoms with E-state index in [-0.39, 0.29) is 18.1 Å². The zero-order valence-electron chi connectivity index (χ0n) is 8.62. The fourth-order valence-corrected chi connectivity index (χ4v) is 1.41. The monoisotopic (exact) mass is 215 g/mol. The second-order valence-electron chi connectivity index (χ2n) is 3.24. The number of ether oxygens (including phenoxy) is 1. The first-order valence-corrected chi connectivity index (χ1v) is 4.45. The Hall–Kier alpha value is -1.33. The standard InChI is InChI=1S/C10H14FNO3/c1-5-6(8(12)4-13)3-7(11)10(15-2)9(5)14/h3,8,13-14H,4,12H2,1-2H3. The third kappa shape index (κ3) is 2.03. The maximum atomic E-state index is 13.4. The lowest BCUT2D eigenvalue weighted by atomic mass is 10.0. The maximum absolute atomic E-state index is 13.4. The average Bonchev–Trinajstić information content (AvgIpc) is 2.23. The van der Waals surface area contributed by atoms with Gasteiger partial charge in [-0.25, -0.2) is 4.39 Å². The van der Waals surface area contributed by atoms with Gasteiger partial charge in [-0.1, -0.05) is 0 Å². The predicted molar refractivity (Wildman–Crippen MR) is 53.4 cm³/mol. The number of aliphatic hydroxyl groups is 1. The van der Waals surface area contributed by atoms with Crippen LogP contribution >= 0.6 is 0 Å². The molecule has 0 spiro atoms. The lowest BCUT2D eigenvalue weighted by molar-refractivity contribution is 0.266. The van der Waals surface area contributed by atoms with Crippen molar-refractivity contribution in [2.45, 2.75) is 13.0 Å². The Kier molecular flexibility index (Phi) is 3.49. The molecule has 0 amide bonds. The third-order valence-corrected chi connectivity index (χ3v) is 2.30. The van der Waals surface area contributed by atoms with Crippen LogP contribution in [-0.4, -0.2) is 23.9 Å². The lowest BCUT2D eigenvalue weighted by Gasteiger charge is -2.15. The molecular formula is C10H14FNO3. The highest BCUT2D eigenvalue weighted by Crippen LogP contribution is 2.36. The summed E-state index contributed by atoms with van der Waals surface area (Å²) < 4.78 is 18.1. The molecule has 1 atom stereocenters. The van der Waals surface area contributed by atoms with Crippen LogP contribution in [-0.2, 0) is 0 Å². The van der Waals surface area contributed by atoms with Crippen molar-refractivity contribution in [3.8, 4) is 11.5 Å². The van der Waals surface area contributed by atoms with Crippen LogP contribution in [0, 0.1) is 12.7 Å². The van der Waals surface area contributed by atoms with Crippen LogP contribution in [0.2, 0.25) is 0 Å². The van der Waals surface area contributed by atoms with Gasteiger partial charge in [0.25, 0.3) is 0 Å². The minimum absolute atomic E-state index is 0.207. The number of hydrogen-bond acceptors (Lipinski definition) is 4. The molecule has 4 N–H and O–H groups in total. The number of methoxy groups -OCH3 is 1. The molecule has 1 unspecified atom stereocenters. The van der Waals surface area contributed by atoms with E-state index in [4.69, 9.17) is 15.6 Å². The van der Waals surface area contributed by atoms with E-state index in [1.807, 2.05) is 0 Å². The quantitative estimate of drug-likeness (QED) is 0.698. The first-order chi connectivity index (χ1) is 7.02. The van der Waals surface area contributed by atoms with Crippen molar-refractivity contribution in [2.75, 3.05) is 13.7 Å². The number of phenols is 1. The van der Waals surface area contributed by atoms with Crippen molar-refractivity contribution in [2.24, 2.45) is 5.73 Å². The van der Waals surface area contributed by atoms with Gasteiger partial charge in [-0.05, 0) is 24.1 Å². The van der Waals surface area contributed by atoms with E-state index < -0.39 is 11.9 Å². The Balaban J connectivity index is 3.33. The van der Waals surface area contributed by atoms with Crippen molar-refractivity contribution < 1.29 is 19.3 Å². The molecule has 1 rings (SSSR count). The zero-order chi connectivity index (χ0) is 11.6. The molecule has 1 aromatic carbocycles. The minimum atomic E-state index is -0.712. The number of rotatable bonds is 3. The van der Waals surface area contributed by atoms with Crippen LogP contribution in [0.4, 0.5) is 4.39 Å². The molecule has 0 saturated heterocycles. The number of phenolic OH excluding ortho intramolecular Hbond substituents is 1. The van der Waals surface area contributed by atoms with Gasteiger partial charge < -0.3 is 20.7 Å². The van der Waals surface area contributed by atoms with Gasteiger partial charge in [0, 0.05) is 0 Å². The first-order valence-electron chi connectivity index (χ1n) is 4.45. The molecule has 0 fully saturated rings. The Labute approximate surface area is 87.1 Å². The number of nitrogens with two attached hydrogens (primary N) is 1. The van der Waals surface area contributed by atoms with Gasteiger partial charge >= 0.3 is 0 Å². The molecular weight excluding hydrogens is 201 g/mol. The summed E-state index contributed by atoms with van der Waals surface area (Å²) in [6.45, 7) is 1.27. The smallest absolute Gasteiger partial charge is 0.196 e. The Bertz CT molecular complexity index is 368. The second kappa shape index (κ2) is 4.46. The number of halogens is 1. The molecule has 4 nitrogen and oxygen atoms in total. The summed E-state index contributed by atoms with van der Waals surface area (Å²) in [4.78, 5) is 0. The normalized spacial score (nSPS) is 12.6. The molecule has 84 valence electrons. The number of aromatic hydroxyl groups is 1. The summed E-state index contributed by atoms with van der Waals surface area (Å²) in [7, 11) is 1.27. The van der Waals surface area contributed by atoms with Crippen molar-refractivity contribution in [3.63, 3.8) is 0 Å². The van der Waals surface area contributed by atoms with Crippen molar-refractivity contribution >= 4 is 0 Å². The lowest BCUT2D eigenvalue weighted by Crippen LogP contribution is -2.16. The molecule has 0 aliphatic rings. The van der Waals surface area contributed by atoms with E-state index in [0.717, 1.165) is 6.07 Å². The van der Waals surface area contributed by atoms with Crippen LogP contribution in [0.5, 0.6) is 11.5 Å². The molecule has 0 saturated carbocycles. The molecule has 1 aromatic rings. The molecule has 5 heteroatoms. The molecule has 0 aliphatic heterocycles. The molecule has 0 aliphatic carbocycles. The molecule has 0 heterocycles. The van der Waals surface area contributed by atoms with Gasteiger partial charge in [-0.2, -0.15) is 0 Å². The van der Waals surface area contributed by atoms with Crippen molar-refractivity contribution in [1.29, 1.82) is 0 Å². The van der Waals surface area contributed by atoms with E-state index in [1.54, 1.807) is 6.92 Å².